The topological polar surface area (TPSA) is 127 Å². The van der Waals surface area contributed by atoms with E-state index in [1.807, 2.05) is 127 Å². The van der Waals surface area contributed by atoms with Gasteiger partial charge >= 0.3 is 5.97 Å². The first-order valence-corrected chi connectivity index (χ1v) is 24.6. The van der Waals surface area contributed by atoms with Crippen molar-refractivity contribution in [2.45, 2.75) is 94.8 Å². The Balaban J connectivity index is 0.000000198. The number of para-hydroxylation sites is 2. The molecule has 6 aromatic rings. The fourth-order valence-electron chi connectivity index (χ4n) is 11.1. The number of carboxylic acid groups (broad SMARTS) is 1. The Morgan fingerprint density at radius 2 is 0.859 bits per heavy atom. The third-order valence-electron chi connectivity index (χ3n) is 14.4. The summed E-state index contributed by atoms with van der Waals surface area (Å²) in [5, 5.41) is 10.1. The first kappa shape index (κ1) is 50.1. The van der Waals surface area contributed by atoms with Crippen molar-refractivity contribution >= 4 is 35.1 Å². The average Bonchev–Trinajstić information content (AvgIpc) is 3.92. The second-order valence-corrected chi connectivity index (χ2v) is 18.6. The number of aryl methyl sites for hydroxylation is 2. The van der Waals surface area contributed by atoms with Crippen LogP contribution in [0, 0.1) is 0 Å². The summed E-state index contributed by atoms with van der Waals surface area (Å²) in [6, 6.07) is 54.5. The van der Waals surface area contributed by atoms with Gasteiger partial charge in [-0.1, -0.05) is 165 Å². The number of aliphatic carboxylic acids is 1. The quantitative estimate of drug-likeness (QED) is 0.140. The lowest BCUT2D eigenvalue weighted by Gasteiger charge is -2.32. The fraction of sp³-hybridized carbons (Fsp3) is 0.333. The Morgan fingerprint density at radius 3 is 1.21 bits per heavy atom. The zero-order valence-electron chi connectivity index (χ0n) is 40.6. The highest BCUT2D eigenvalue weighted by atomic mass is 19.1. The van der Waals surface area contributed by atoms with Crippen molar-refractivity contribution in [1.29, 1.82) is 0 Å². The molecule has 2 saturated heterocycles. The number of hydrogen-bond acceptors (Lipinski definition) is 6. The number of carbonyl (C=O) groups excluding carboxylic acids is 3. The van der Waals surface area contributed by atoms with Crippen LogP contribution in [-0.2, 0) is 32.0 Å². The summed E-state index contributed by atoms with van der Waals surface area (Å²) in [7, 11) is -1.00. The number of fused-ring (bicyclic) bond motifs is 2. The largest absolute Gasteiger partial charge is 0.480 e. The number of nitrogens with two attached hydrogens (primary N) is 1. The summed E-state index contributed by atoms with van der Waals surface area (Å²) < 4.78 is 15.5. The summed E-state index contributed by atoms with van der Waals surface area (Å²) >= 11 is 0. The Hall–Kier alpha value is -7.27. The molecule has 2 fully saturated rings. The van der Waals surface area contributed by atoms with Gasteiger partial charge < -0.3 is 30.4 Å². The molecule has 4 aliphatic heterocycles. The third kappa shape index (κ3) is 11.7. The van der Waals surface area contributed by atoms with Crippen molar-refractivity contribution in [2.75, 3.05) is 43.1 Å². The number of likely N-dealkylation sites (tertiary alicyclic amines) is 2. The number of alkyl halides is 1. The van der Waals surface area contributed by atoms with Gasteiger partial charge in [-0.2, -0.15) is 0 Å². The summed E-state index contributed by atoms with van der Waals surface area (Å²) in [4.78, 5) is 61.2. The summed E-state index contributed by atoms with van der Waals surface area (Å²) in [5.74, 6) is -2.57. The smallest absolute Gasteiger partial charge is 0.326 e. The predicted octanol–water partition coefficient (Wildman–Crippen LogP) is 10.1. The number of halogens is 1. The van der Waals surface area contributed by atoms with E-state index in [0.717, 1.165) is 73.9 Å². The molecule has 370 valence electrons. The van der Waals surface area contributed by atoms with Crippen LogP contribution in [0.5, 0.6) is 0 Å². The van der Waals surface area contributed by atoms with E-state index in [-0.39, 0.29) is 31.3 Å². The van der Waals surface area contributed by atoms with Crippen LogP contribution in [0.15, 0.2) is 170 Å². The van der Waals surface area contributed by atoms with Crippen molar-refractivity contribution in [1.82, 2.24) is 9.80 Å². The lowest BCUT2D eigenvalue weighted by molar-refractivity contribution is -0.148. The van der Waals surface area contributed by atoms with Crippen molar-refractivity contribution in [3.8, 4) is 0 Å². The predicted molar refractivity (Wildman–Crippen MR) is 281 cm³/mol. The van der Waals surface area contributed by atoms with Crippen molar-refractivity contribution in [2.24, 2.45) is 5.73 Å². The van der Waals surface area contributed by atoms with Crippen molar-refractivity contribution in [3.63, 3.8) is 0 Å². The Kier molecular flexibility index (Phi) is 17.3. The highest BCUT2D eigenvalue weighted by Crippen LogP contribution is 2.38. The molecule has 4 aliphatic rings. The van der Waals surface area contributed by atoms with Crippen LogP contribution in [0.2, 0.25) is 0 Å². The minimum Gasteiger partial charge on any atom is -0.480 e. The molecule has 0 bridgehead atoms. The summed E-state index contributed by atoms with van der Waals surface area (Å²) in [6.45, 7) is 2.73. The monoisotopic (exact) mass is 959 g/mol. The maximum Gasteiger partial charge on any atom is 0.326 e. The molecule has 6 aromatic carbocycles. The van der Waals surface area contributed by atoms with Crippen LogP contribution >= 0.6 is 0 Å². The van der Waals surface area contributed by atoms with Gasteiger partial charge in [-0.05, 0) is 90.5 Å². The average molecular weight is 959 g/mol. The van der Waals surface area contributed by atoms with E-state index < -0.39 is 42.9 Å². The molecule has 0 radical (unpaired) electrons. The second kappa shape index (κ2) is 24.5. The van der Waals surface area contributed by atoms with Gasteiger partial charge in [-0.25, -0.2) is 4.79 Å². The summed E-state index contributed by atoms with van der Waals surface area (Å²) in [5.41, 5.74) is 14.5. The number of nitrogens with zero attached hydrogens (tertiary/aromatic N) is 4. The summed E-state index contributed by atoms with van der Waals surface area (Å²) in [6.07, 6.45) is 7.52. The van der Waals surface area contributed by atoms with Crippen LogP contribution in [0.4, 0.5) is 15.8 Å². The maximum atomic E-state index is 14.1. The molecule has 0 saturated carbocycles. The SMILES string of the molecule is C.NC(=O)[C@@H]1C[C@H](N2CCCCc3ccccc32)CN1C(=O)C(c1ccccc1)c1ccccc1.O=C(O)[C@@H]1C[C@H](N2CCCCc3ccccc32)CN1C(=O)C(c1ccccc1)c1ccccc1.[2H]CF. The molecule has 4 atom stereocenters. The molecular weight excluding hydrogens is 890 g/mol. The molecular formula is C60H68FN5O5. The molecule has 0 aromatic heterocycles. The Labute approximate surface area is 420 Å². The van der Waals surface area contributed by atoms with E-state index >= 15 is 0 Å². The lowest BCUT2D eigenvalue weighted by Crippen LogP contribution is -2.46. The number of carboxylic acids is 1. The van der Waals surface area contributed by atoms with E-state index in [2.05, 4.69) is 52.3 Å². The van der Waals surface area contributed by atoms with Crippen LogP contribution in [0.25, 0.3) is 0 Å². The van der Waals surface area contributed by atoms with E-state index in [0.29, 0.717) is 25.9 Å². The zero-order valence-corrected chi connectivity index (χ0v) is 39.6. The van der Waals surface area contributed by atoms with E-state index in [9.17, 15) is 28.7 Å². The Morgan fingerprint density at radius 1 is 0.535 bits per heavy atom. The number of rotatable bonds is 10. The van der Waals surface area contributed by atoms with Crippen LogP contribution in [-0.4, -0.2) is 96.1 Å². The van der Waals surface area contributed by atoms with E-state index in [1.54, 1.807) is 9.80 Å². The number of anilines is 2. The van der Waals surface area contributed by atoms with Crippen molar-refractivity contribution in [3.05, 3.63) is 203 Å². The number of amides is 3. The number of benzene rings is 6. The van der Waals surface area contributed by atoms with Crippen LogP contribution < -0.4 is 15.5 Å². The lowest BCUT2D eigenvalue weighted by atomic mass is 9.90. The maximum absolute atomic E-state index is 14.1. The minimum absolute atomic E-state index is 0. The molecule has 3 N–H and O–H groups in total. The molecule has 10 nitrogen and oxygen atoms in total. The minimum atomic E-state index is -1.00. The van der Waals surface area contributed by atoms with E-state index in [1.165, 1.54) is 22.5 Å². The highest BCUT2D eigenvalue weighted by Gasteiger charge is 2.46. The van der Waals surface area contributed by atoms with Gasteiger partial charge in [0.25, 0.3) is 0 Å². The third-order valence-corrected chi connectivity index (χ3v) is 14.4. The van der Waals surface area contributed by atoms with Gasteiger partial charge in [0.1, 0.15) is 12.1 Å². The highest BCUT2D eigenvalue weighted by molar-refractivity contribution is 5.93. The first-order valence-electron chi connectivity index (χ1n) is 25.3. The van der Waals surface area contributed by atoms with Crippen LogP contribution in [0.1, 0.15) is 92.5 Å². The van der Waals surface area contributed by atoms with Gasteiger partial charge in [0.05, 0.1) is 20.4 Å². The standard InChI is InChI=1S/C29H31N3O2.C29H30N2O3.CH3F.CH4/c30-28(33)26-19-24(31-18-10-9-12-21-11-7-8-17-25(21)31)20-32(26)29(34)27(22-13-3-1-4-14-22)23-15-5-2-6-16-23;32-28(27(22-13-3-1-4-14-22)23-15-5-2-6-16-23)31-20-24(19-26(31)29(33)34)30-18-10-9-12-21-11-7-8-17-25(21)30;1-2;/h1-8,11,13-17,24,26-27H,9-10,12,18-20H2,(H2,30,33);1-8,11,13-17,24,26-27H,9-10,12,18-20H2,(H,33,34);1H3;1H4/t2*24-,26-;;/m00../s1/i;;1D;. The van der Waals surface area contributed by atoms with Gasteiger partial charge in [-0.3, -0.25) is 18.8 Å². The second-order valence-electron chi connectivity index (χ2n) is 18.6. The fourth-order valence-corrected chi connectivity index (χ4v) is 11.1. The van der Waals surface area contributed by atoms with Crippen molar-refractivity contribution < 1.29 is 30.0 Å². The molecule has 11 heteroatoms. The normalized spacial score (nSPS) is 19.6. The molecule has 0 spiro atoms. The number of hydrogen-bond donors (Lipinski definition) is 2. The molecule has 10 rings (SSSR count). The zero-order chi connectivity index (χ0) is 49.7. The van der Waals surface area contributed by atoms with Gasteiger partial charge in [-0.15, -0.1) is 0 Å². The number of primary amides is 1. The Bertz CT molecular complexity index is 2440. The first-order chi connectivity index (χ1) is 34.7. The molecule has 71 heavy (non-hydrogen) atoms. The van der Waals surface area contributed by atoms with Gasteiger partial charge in [0.2, 0.25) is 17.7 Å². The number of carbonyl (C=O) groups is 4. The molecule has 0 unspecified atom stereocenters. The van der Waals surface area contributed by atoms with Crippen LogP contribution in [0.3, 0.4) is 0 Å². The van der Waals surface area contributed by atoms with Gasteiger partial charge in [0.15, 0.2) is 0 Å². The van der Waals surface area contributed by atoms with Gasteiger partial charge in [0, 0.05) is 56.1 Å². The molecule has 4 heterocycles. The van der Waals surface area contributed by atoms with E-state index in [4.69, 9.17) is 7.10 Å². The molecule has 0 aliphatic carbocycles. The molecule has 3 amide bonds.